The lowest BCUT2D eigenvalue weighted by molar-refractivity contribution is 0.409. The fourth-order valence-electron chi connectivity index (χ4n) is 3.41. The van der Waals surface area contributed by atoms with Crippen LogP contribution in [0.25, 0.3) is 11.1 Å². The number of hydrogen-bond acceptors (Lipinski definition) is 4. The molecule has 2 aromatic carbocycles. The summed E-state index contributed by atoms with van der Waals surface area (Å²) >= 11 is 3.52. The summed E-state index contributed by atoms with van der Waals surface area (Å²) in [6.07, 6.45) is 5.09. The first-order valence-electron chi connectivity index (χ1n) is 8.83. The van der Waals surface area contributed by atoms with Gasteiger partial charge in [0.2, 0.25) is 0 Å². The van der Waals surface area contributed by atoms with Crippen molar-refractivity contribution in [1.29, 1.82) is 0 Å². The summed E-state index contributed by atoms with van der Waals surface area (Å²) in [5, 5.41) is 0. The number of rotatable bonds is 5. The highest BCUT2D eigenvalue weighted by molar-refractivity contribution is 9.10. The van der Waals surface area contributed by atoms with E-state index in [-0.39, 0.29) is 6.04 Å². The van der Waals surface area contributed by atoms with Crippen molar-refractivity contribution in [2.45, 2.75) is 18.9 Å². The highest BCUT2D eigenvalue weighted by atomic mass is 79.9. The molecule has 0 bridgehead atoms. The summed E-state index contributed by atoms with van der Waals surface area (Å²) in [6, 6.07) is 16.3. The Bertz CT molecular complexity index is 1000. The summed E-state index contributed by atoms with van der Waals surface area (Å²) in [6.45, 7) is 0. The molecule has 0 saturated carbocycles. The summed E-state index contributed by atoms with van der Waals surface area (Å²) < 4.78 is 6.49. The molecule has 2 N–H and O–H groups in total. The van der Waals surface area contributed by atoms with Crippen molar-refractivity contribution in [3.63, 3.8) is 0 Å². The van der Waals surface area contributed by atoms with Crippen LogP contribution in [0.1, 0.15) is 11.1 Å². The Morgan fingerprint density at radius 3 is 2.67 bits per heavy atom. The summed E-state index contributed by atoms with van der Waals surface area (Å²) in [4.78, 5) is 8.92. The first-order valence-corrected chi connectivity index (χ1v) is 9.62. The van der Waals surface area contributed by atoms with Gasteiger partial charge in [0.05, 0.1) is 12.8 Å². The molecule has 0 radical (unpaired) electrons. The van der Waals surface area contributed by atoms with Crippen molar-refractivity contribution < 1.29 is 4.74 Å². The van der Waals surface area contributed by atoms with E-state index < -0.39 is 0 Å². The molecule has 4 rings (SSSR count). The zero-order valence-electron chi connectivity index (χ0n) is 15.0. The second kappa shape index (κ2) is 7.62. The van der Waals surface area contributed by atoms with E-state index in [0.29, 0.717) is 6.42 Å². The van der Waals surface area contributed by atoms with Crippen LogP contribution in [0.4, 0.5) is 5.69 Å². The number of aromatic nitrogens is 1. The van der Waals surface area contributed by atoms with E-state index >= 15 is 0 Å². The van der Waals surface area contributed by atoms with E-state index in [1.807, 2.05) is 24.3 Å². The molecule has 3 aromatic rings. The molecule has 0 spiro atoms. The highest BCUT2D eigenvalue weighted by Crippen LogP contribution is 2.33. The van der Waals surface area contributed by atoms with E-state index in [4.69, 9.17) is 15.5 Å². The monoisotopic (exact) mass is 421 g/mol. The van der Waals surface area contributed by atoms with Gasteiger partial charge in [-0.15, -0.1) is 0 Å². The van der Waals surface area contributed by atoms with Gasteiger partial charge in [0.25, 0.3) is 0 Å². The topological polar surface area (TPSA) is 60.5 Å². The molecule has 0 aliphatic carbocycles. The number of methoxy groups -OCH3 is 1. The van der Waals surface area contributed by atoms with Crippen LogP contribution in [0.3, 0.4) is 0 Å². The molecule has 0 unspecified atom stereocenters. The third-order valence-electron chi connectivity index (χ3n) is 4.84. The van der Waals surface area contributed by atoms with E-state index in [1.165, 1.54) is 5.56 Å². The molecule has 0 amide bonds. The van der Waals surface area contributed by atoms with E-state index in [0.717, 1.165) is 44.7 Å². The van der Waals surface area contributed by atoms with Crippen LogP contribution in [0.5, 0.6) is 5.75 Å². The molecule has 136 valence electrons. The first kappa shape index (κ1) is 17.9. The van der Waals surface area contributed by atoms with E-state index in [2.05, 4.69) is 45.2 Å². The maximum atomic E-state index is 6.50. The molecule has 1 aromatic heterocycles. The molecule has 0 saturated heterocycles. The maximum absolute atomic E-state index is 6.50. The van der Waals surface area contributed by atoms with Gasteiger partial charge in [0.1, 0.15) is 5.75 Å². The standard InChI is InChI=1S/C22H20BrN3O/c1-27-22-5-4-18(23)10-17(22)11-19(24)21-13-16-3-2-15(12-20(16)26-21)14-6-8-25-9-7-14/h2-10,12,19H,11,13,24H2,1H3/t19-/m1/s1. The largest absolute Gasteiger partial charge is 0.496 e. The molecule has 0 fully saturated rings. The summed E-state index contributed by atoms with van der Waals surface area (Å²) in [5.74, 6) is 0.852. The van der Waals surface area contributed by atoms with Gasteiger partial charge in [-0.2, -0.15) is 0 Å². The van der Waals surface area contributed by atoms with Crippen molar-refractivity contribution in [2.75, 3.05) is 7.11 Å². The zero-order chi connectivity index (χ0) is 18.8. The van der Waals surface area contributed by atoms with Gasteiger partial charge in [-0.05, 0) is 65.1 Å². The van der Waals surface area contributed by atoms with Crippen LogP contribution >= 0.6 is 15.9 Å². The van der Waals surface area contributed by atoms with Crippen molar-refractivity contribution in [1.82, 2.24) is 4.98 Å². The number of benzene rings is 2. The average molecular weight is 422 g/mol. The molecular formula is C22H20BrN3O. The first-order chi connectivity index (χ1) is 13.1. The van der Waals surface area contributed by atoms with Gasteiger partial charge >= 0.3 is 0 Å². The van der Waals surface area contributed by atoms with Crippen molar-refractivity contribution in [2.24, 2.45) is 10.7 Å². The molecule has 4 nitrogen and oxygen atoms in total. The molecule has 5 heteroatoms. The van der Waals surface area contributed by atoms with Crippen molar-refractivity contribution in [3.8, 4) is 16.9 Å². The SMILES string of the molecule is COc1ccc(Br)cc1C[C@@H](N)C1=Nc2cc(-c3ccncc3)ccc2C1. The number of hydrogen-bond donors (Lipinski definition) is 1. The third kappa shape index (κ3) is 3.80. The normalized spacial score (nSPS) is 13.8. The maximum Gasteiger partial charge on any atom is 0.122 e. The van der Waals surface area contributed by atoms with Gasteiger partial charge in [-0.1, -0.05) is 28.1 Å². The van der Waals surface area contributed by atoms with Crippen LogP contribution in [-0.4, -0.2) is 23.8 Å². The lowest BCUT2D eigenvalue weighted by Gasteiger charge is -2.14. The Labute approximate surface area is 167 Å². The lowest BCUT2D eigenvalue weighted by atomic mass is 9.98. The lowest BCUT2D eigenvalue weighted by Crippen LogP contribution is -2.33. The number of halogens is 1. The molecule has 1 aliphatic rings. The molecular weight excluding hydrogens is 402 g/mol. The number of pyridine rings is 1. The fraction of sp³-hybridized carbons (Fsp3) is 0.182. The van der Waals surface area contributed by atoms with Gasteiger partial charge in [0.15, 0.2) is 0 Å². The number of nitrogens with zero attached hydrogens (tertiary/aromatic N) is 2. The second-order valence-electron chi connectivity index (χ2n) is 6.63. The van der Waals surface area contributed by atoms with Crippen LogP contribution in [-0.2, 0) is 12.8 Å². The Hall–Kier alpha value is -2.50. The highest BCUT2D eigenvalue weighted by Gasteiger charge is 2.22. The predicted molar refractivity (Wildman–Crippen MR) is 113 cm³/mol. The Balaban J connectivity index is 1.57. The summed E-state index contributed by atoms with van der Waals surface area (Å²) in [5.41, 5.74) is 13.1. The Kier molecular flexibility index (Phi) is 5.05. The number of ether oxygens (including phenoxy) is 1. The molecule has 1 atom stereocenters. The average Bonchev–Trinajstić information content (AvgIpc) is 3.12. The van der Waals surface area contributed by atoms with Gasteiger partial charge in [-0.3, -0.25) is 9.98 Å². The minimum atomic E-state index is -0.148. The zero-order valence-corrected chi connectivity index (χ0v) is 16.6. The third-order valence-corrected chi connectivity index (χ3v) is 5.34. The number of fused-ring (bicyclic) bond motifs is 1. The number of aliphatic imine (C=N–C) groups is 1. The van der Waals surface area contributed by atoms with Gasteiger partial charge < -0.3 is 10.5 Å². The Morgan fingerprint density at radius 2 is 1.89 bits per heavy atom. The minimum Gasteiger partial charge on any atom is -0.496 e. The van der Waals surface area contributed by atoms with Gasteiger partial charge in [0, 0.05) is 35.0 Å². The van der Waals surface area contributed by atoms with Gasteiger partial charge in [-0.25, -0.2) is 0 Å². The minimum absolute atomic E-state index is 0.148. The van der Waals surface area contributed by atoms with E-state index in [1.54, 1.807) is 19.5 Å². The van der Waals surface area contributed by atoms with Crippen LogP contribution in [0.2, 0.25) is 0 Å². The summed E-state index contributed by atoms with van der Waals surface area (Å²) in [7, 11) is 1.68. The van der Waals surface area contributed by atoms with Crippen molar-refractivity contribution >= 4 is 27.3 Å². The molecule has 27 heavy (non-hydrogen) atoms. The van der Waals surface area contributed by atoms with Crippen LogP contribution < -0.4 is 10.5 Å². The van der Waals surface area contributed by atoms with Crippen molar-refractivity contribution in [3.05, 3.63) is 76.5 Å². The second-order valence-corrected chi connectivity index (χ2v) is 7.54. The Morgan fingerprint density at radius 1 is 1.07 bits per heavy atom. The fourth-order valence-corrected chi connectivity index (χ4v) is 3.81. The number of nitrogens with two attached hydrogens (primary N) is 1. The quantitative estimate of drug-likeness (QED) is 0.648. The molecule has 2 heterocycles. The predicted octanol–water partition coefficient (Wildman–Crippen LogP) is 4.72. The van der Waals surface area contributed by atoms with E-state index in [9.17, 15) is 0 Å². The molecule has 1 aliphatic heterocycles. The van der Waals surface area contributed by atoms with Crippen LogP contribution in [0, 0.1) is 0 Å². The van der Waals surface area contributed by atoms with Crippen LogP contribution in [0.15, 0.2) is 70.4 Å². The smallest absolute Gasteiger partial charge is 0.122 e.